The Kier molecular flexibility index (Phi) is 4.43. The number of aryl methyl sites for hydroxylation is 1. The van der Waals surface area contributed by atoms with Crippen molar-refractivity contribution in [2.24, 2.45) is 0 Å². The molecule has 6 aromatic rings. The zero-order valence-electron chi connectivity index (χ0n) is 18.0. The van der Waals surface area contributed by atoms with Crippen LogP contribution in [-0.2, 0) is 6.42 Å². The van der Waals surface area contributed by atoms with E-state index in [0.717, 1.165) is 12.2 Å². The molecule has 6 rings (SSSR count). The summed E-state index contributed by atoms with van der Waals surface area (Å²) >= 11 is 0. The zero-order valence-corrected chi connectivity index (χ0v) is 18.0. The Morgan fingerprint density at radius 3 is 2.34 bits per heavy atom. The quantitative estimate of drug-likeness (QED) is 0.287. The van der Waals surface area contributed by atoms with Gasteiger partial charge in [0.1, 0.15) is 5.76 Å². The van der Waals surface area contributed by atoms with E-state index >= 15 is 0 Å². The van der Waals surface area contributed by atoms with Crippen molar-refractivity contribution < 1.29 is 4.42 Å². The highest BCUT2D eigenvalue weighted by Gasteiger charge is 2.13. The first-order chi connectivity index (χ1) is 15.8. The Balaban J connectivity index is 1.52. The summed E-state index contributed by atoms with van der Waals surface area (Å²) in [5.74, 6) is 0.920. The highest BCUT2D eigenvalue weighted by Crippen LogP contribution is 2.34. The van der Waals surface area contributed by atoms with Crippen molar-refractivity contribution in [1.29, 1.82) is 0 Å². The fraction of sp³-hybridized carbons (Fsp3) is 0.0667. The van der Waals surface area contributed by atoms with E-state index in [9.17, 15) is 0 Å². The Bertz CT molecular complexity index is 1540. The first-order valence-corrected chi connectivity index (χ1v) is 11.0. The van der Waals surface area contributed by atoms with Gasteiger partial charge in [-0.15, -0.1) is 0 Å². The van der Waals surface area contributed by atoms with Gasteiger partial charge in [-0.1, -0.05) is 66.7 Å². The van der Waals surface area contributed by atoms with Gasteiger partial charge in [0.25, 0.3) is 0 Å². The third-order valence-electron chi connectivity index (χ3n) is 6.30. The first-order valence-electron chi connectivity index (χ1n) is 11.0. The van der Waals surface area contributed by atoms with Crippen molar-refractivity contribution in [3.63, 3.8) is 0 Å². The third kappa shape index (κ3) is 3.12. The van der Waals surface area contributed by atoms with Crippen LogP contribution in [0.25, 0.3) is 38.6 Å². The Morgan fingerprint density at radius 2 is 1.50 bits per heavy atom. The molecule has 0 aliphatic heterocycles. The van der Waals surface area contributed by atoms with Crippen LogP contribution < -0.4 is 0 Å². The second-order valence-corrected chi connectivity index (χ2v) is 8.35. The fourth-order valence-electron chi connectivity index (χ4n) is 4.78. The lowest BCUT2D eigenvalue weighted by Crippen LogP contribution is -2.00. The predicted octanol–water partition coefficient (Wildman–Crippen LogP) is 7.94. The van der Waals surface area contributed by atoms with Crippen LogP contribution in [-0.4, -0.2) is 4.57 Å². The Labute approximate surface area is 187 Å². The lowest BCUT2D eigenvalue weighted by Gasteiger charge is -2.16. The minimum Gasteiger partial charge on any atom is -0.464 e. The molecule has 32 heavy (non-hydrogen) atoms. The van der Waals surface area contributed by atoms with Gasteiger partial charge in [0, 0.05) is 23.3 Å². The molecule has 0 spiro atoms. The fourth-order valence-corrected chi connectivity index (χ4v) is 4.78. The number of hydrogen-bond donors (Lipinski definition) is 0. The van der Waals surface area contributed by atoms with E-state index in [2.05, 4.69) is 103 Å². The van der Waals surface area contributed by atoms with E-state index < -0.39 is 0 Å². The number of benzene rings is 4. The molecule has 0 amide bonds. The van der Waals surface area contributed by atoms with E-state index in [1.54, 1.807) is 6.26 Å². The van der Waals surface area contributed by atoms with Crippen molar-refractivity contribution in [1.82, 2.24) is 4.57 Å². The minimum atomic E-state index is 0.861. The van der Waals surface area contributed by atoms with Crippen molar-refractivity contribution in [2.75, 3.05) is 0 Å². The highest BCUT2D eigenvalue weighted by atomic mass is 16.3. The predicted molar refractivity (Wildman–Crippen MR) is 132 cm³/mol. The summed E-state index contributed by atoms with van der Waals surface area (Å²) < 4.78 is 8.01. The lowest BCUT2D eigenvalue weighted by molar-refractivity contribution is 0.582. The lowest BCUT2D eigenvalue weighted by atomic mass is 9.93. The summed E-state index contributed by atoms with van der Waals surface area (Å²) in [4.78, 5) is 0. The Morgan fingerprint density at radius 1 is 0.719 bits per heavy atom. The maximum Gasteiger partial charge on any atom is 0.134 e. The monoisotopic (exact) mass is 413 g/mol. The van der Waals surface area contributed by atoms with Gasteiger partial charge in [-0.2, -0.15) is 0 Å². The number of rotatable bonds is 4. The molecule has 0 saturated heterocycles. The smallest absolute Gasteiger partial charge is 0.134 e. The van der Waals surface area contributed by atoms with Gasteiger partial charge in [0.05, 0.1) is 12.0 Å². The number of fused-ring (bicyclic) bond motifs is 2. The molecule has 0 unspecified atom stereocenters. The number of nitrogens with zero attached hydrogens (tertiary/aromatic N) is 1. The van der Waals surface area contributed by atoms with Crippen LogP contribution in [0.5, 0.6) is 0 Å². The third-order valence-corrected chi connectivity index (χ3v) is 6.30. The molecule has 2 nitrogen and oxygen atoms in total. The van der Waals surface area contributed by atoms with Gasteiger partial charge in [-0.05, 0) is 70.5 Å². The topological polar surface area (TPSA) is 18.1 Å². The van der Waals surface area contributed by atoms with Crippen molar-refractivity contribution in [3.05, 3.63) is 126 Å². The molecule has 0 saturated carbocycles. The molecular weight excluding hydrogens is 390 g/mol. The molecule has 0 aliphatic carbocycles. The zero-order chi connectivity index (χ0) is 21.5. The first kappa shape index (κ1) is 18.7. The molecule has 0 fully saturated rings. The molecule has 0 atom stereocenters. The maximum absolute atomic E-state index is 5.78. The Hall–Kier alpha value is -4.04. The largest absolute Gasteiger partial charge is 0.464 e. The van der Waals surface area contributed by atoms with Gasteiger partial charge < -0.3 is 8.98 Å². The normalized spacial score (nSPS) is 11.4. The summed E-state index contributed by atoms with van der Waals surface area (Å²) in [5, 5.41) is 5.00. The maximum atomic E-state index is 5.78. The number of hydrogen-bond acceptors (Lipinski definition) is 1. The molecule has 2 heterocycles. The van der Waals surface area contributed by atoms with Crippen molar-refractivity contribution >= 4 is 21.5 Å². The summed E-state index contributed by atoms with van der Waals surface area (Å²) in [5.41, 5.74) is 6.26. The number of furan rings is 1. The van der Waals surface area contributed by atoms with E-state index in [4.69, 9.17) is 4.42 Å². The molecule has 0 bridgehead atoms. The average Bonchev–Trinajstić information content (AvgIpc) is 3.53. The van der Waals surface area contributed by atoms with Gasteiger partial charge in [-0.3, -0.25) is 0 Å². The molecule has 0 aliphatic rings. The second-order valence-electron chi connectivity index (χ2n) is 8.35. The van der Waals surface area contributed by atoms with Crippen LogP contribution >= 0.6 is 0 Å². The standard InChI is InChI=1S/C30H23NO/c1-21-10-12-24-13-11-22(20-27(24)29(21)28-9-6-18-32-28)19-25-15-14-23-7-2-3-8-26(23)30(25)31-16-4-5-17-31/h2-18,20H,19H2,1H3. The average molecular weight is 414 g/mol. The van der Waals surface area contributed by atoms with Gasteiger partial charge in [0.2, 0.25) is 0 Å². The van der Waals surface area contributed by atoms with Crippen LogP contribution in [0.4, 0.5) is 0 Å². The van der Waals surface area contributed by atoms with Gasteiger partial charge >= 0.3 is 0 Å². The van der Waals surface area contributed by atoms with E-state index in [-0.39, 0.29) is 0 Å². The summed E-state index contributed by atoms with van der Waals surface area (Å²) in [6.07, 6.45) is 6.86. The molecule has 4 aromatic carbocycles. The summed E-state index contributed by atoms with van der Waals surface area (Å²) in [6.45, 7) is 2.15. The summed E-state index contributed by atoms with van der Waals surface area (Å²) in [6, 6.07) is 32.5. The molecule has 0 radical (unpaired) electrons. The highest BCUT2D eigenvalue weighted by molar-refractivity contribution is 5.97. The van der Waals surface area contributed by atoms with E-state index in [1.165, 1.54) is 49.5 Å². The molecule has 2 aromatic heterocycles. The summed E-state index contributed by atoms with van der Waals surface area (Å²) in [7, 11) is 0. The minimum absolute atomic E-state index is 0.861. The molecule has 0 N–H and O–H groups in total. The SMILES string of the molecule is Cc1ccc2ccc(Cc3ccc4ccccc4c3-n3cccc3)cc2c1-c1ccco1. The van der Waals surface area contributed by atoms with Crippen LogP contribution in [0, 0.1) is 6.92 Å². The number of aromatic nitrogens is 1. The van der Waals surface area contributed by atoms with E-state index in [0.29, 0.717) is 0 Å². The molecule has 2 heteroatoms. The molecule has 154 valence electrons. The van der Waals surface area contributed by atoms with Gasteiger partial charge in [0.15, 0.2) is 0 Å². The van der Waals surface area contributed by atoms with Crippen LogP contribution in [0.2, 0.25) is 0 Å². The second kappa shape index (κ2) is 7.58. The van der Waals surface area contributed by atoms with E-state index in [1.807, 2.05) is 12.1 Å². The van der Waals surface area contributed by atoms with Gasteiger partial charge in [-0.25, -0.2) is 0 Å². The van der Waals surface area contributed by atoms with Crippen LogP contribution in [0.15, 0.2) is 114 Å². The van der Waals surface area contributed by atoms with Crippen LogP contribution in [0.1, 0.15) is 16.7 Å². The molecular formula is C30H23NO. The van der Waals surface area contributed by atoms with Crippen LogP contribution in [0.3, 0.4) is 0 Å². The van der Waals surface area contributed by atoms with Crippen molar-refractivity contribution in [3.8, 4) is 17.0 Å². The van der Waals surface area contributed by atoms with Crippen molar-refractivity contribution in [2.45, 2.75) is 13.3 Å².